The minimum atomic E-state index is -0.763. The predicted octanol–water partition coefficient (Wildman–Crippen LogP) is 1.70. The third-order valence-electron chi connectivity index (χ3n) is 4.41. The first-order valence-electron chi connectivity index (χ1n) is 7.28. The van der Waals surface area contributed by atoms with Crippen molar-refractivity contribution >= 4 is 12.0 Å². The Labute approximate surface area is 120 Å². The van der Waals surface area contributed by atoms with Crippen molar-refractivity contribution in [1.82, 2.24) is 10.2 Å². The predicted molar refractivity (Wildman–Crippen MR) is 75.7 cm³/mol. The van der Waals surface area contributed by atoms with Crippen LogP contribution in [-0.2, 0) is 9.53 Å². The summed E-state index contributed by atoms with van der Waals surface area (Å²) in [5, 5.41) is 11.8. The molecule has 6 heteroatoms. The highest BCUT2D eigenvalue weighted by atomic mass is 16.5. The molecule has 1 aliphatic rings. The van der Waals surface area contributed by atoms with Gasteiger partial charge in [0.15, 0.2) is 0 Å². The van der Waals surface area contributed by atoms with Gasteiger partial charge >= 0.3 is 12.0 Å². The van der Waals surface area contributed by atoms with Gasteiger partial charge in [-0.2, -0.15) is 0 Å². The number of carboxylic acid groups (broad SMARTS) is 1. The zero-order valence-electron chi connectivity index (χ0n) is 12.6. The number of amides is 2. The van der Waals surface area contributed by atoms with Crippen molar-refractivity contribution in [3.8, 4) is 0 Å². The molecule has 20 heavy (non-hydrogen) atoms. The average molecular weight is 286 g/mol. The lowest BCUT2D eigenvalue weighted by Crippen LogP contribution is -2.50. The van der Waals surface area contributed by atoms with E-state index in [0.717, 1.165) is 12.8 Å². The van der Waals surface area contributed by atoms with Crippen LogP contribution in [0.5, 0.6) is 0 Å². The number of nitrogens with zero attached hydrogens (tertiary/aromatic N) is 1. The fraction of sp³-hybridized carbons (Fsp3) is 0.857. The fourth-order valence-corrected chi connectivity index (χ4v) is 2.54. The number of methoxy groups -OCH3 is 1. The highest BCUT2D eigenvalue weighted by Crippen LogP contribution is 2.20. The van der Waals surface area contributed by atoms with Crippen molar-refractivity contribution in [1.29, 1.82) is 0 Å². The second-order valence-corrected chi connectivity index (χ2v) is 5.35. The summed E-state index contributed by atoms with van der Waals surface area (Å²) in [7, 11) is 1.66. The minimum absolute atomic E-state index is 0.128. The molecule has 0 spiro atoms. The largest absolute Gasteiger partial charge is 0.481 e. The molecule has 0 saturated carbocycles. The number of piperidine rings is 1. The van der Waals surface area contributed by atoms with Gasteiger partial charge in [-0.1, -0.05) is 13.8 Å². The van der Waals surface area contributed by atoms with E-state index in [1.165, 1.54) is 0 Å². The van der Waals surface area contributed by atoms with E-state index in [-0.39, 0.29) is 17.6 Å². The number of nitrogens with one attached hydrogen (secondary N) is 1. The number of likely N-dealkylation sites (tertiary alicyclic amines) is 1. The highest BCUT2D eigenvalue weighted by Gasteiger charge is 2.29. The van der Waals surface area contributed by atoms with E-state index in [1.54, 1.807) is 12.0 Å². The first kappa shape index (κ1) is 16.8. The minimum Gasteiger partial charge on any atom is -0.481 e. The van der Waals surface area contributed by atoms with Crippen LogP contribution in [0.1, 0.15) is 39.5 Å². The molecule has 0 aromatic heterocycles. The Morgan fingerprint density at radius 1 is 1.30 bits per heavy atom. The van der Waals surface area contributed by atoms with E-state index >= 15 is 0 Å². The molecular weight excluding hydrogens is 260 g/mol. The van der Waals surface area contributed by atoms with Crippen LogP contribution < -0.4 is 5.32 Å². The van der Waals surface area contributed by atoms with Gasteiger partial charge in [-0.05, 0) is 25.7 Å². The van der Waals surface area contributed by atoms with Crippen LogP contribution in [0.25, 0.3) is 0 Å². The summed E-state index contributed by atoms with van der Waals surface area (Å²) in [6, 6.07) is -0.128. The Balaban J connectivity index is 2.42. The lowest BCUT2D eigenvalue weighted by molar-refractivity contribution is -0.143. The van der Waals surface area contributed by atoms with Crippen LogP contribution in [0.4, 0.5) is 4.79 Å². The van der Waals surface area contributed by atoms with E-state index in [9.17, 15) is 9.59 Å². The summed E-state index contributed by atoms with van der Waals surface area (Å²) >= 11 is 0. The molecule has 0 atom stereocenters. The van der Waals surface area contributed by atoms with Crippen LogP contribution in [0.3, 0.4) is 0 Å². The number of urea groups is 1. The molecule has 2 amide bonds. The quantitative estimate of drug-likeness (QED) is 0.779. The number of aliphatic carboxylic acids is 1. The molecule has 1 fully saturated rings. The summed E-state index contributed by atoms with van der Waals surface area (Å²) in [4.78, 5) is 24.6. The Morgan fingerprint density at radius 2 is 1.85 bits per heavy atom. The Morgan fingerprint density at radius 3 is 2.25 bits per heavy atom. The molecule has 1 saturated heterocycles. The van der Waals surface area contributed by atoms with E-state index in [2.05, 4.69) is 5.32 Å². The van der Waals surface area contributed by atoms with Crippen LogP contribution in [-0.4, -0.2) is 54.4 Å². The van der Waals surface area contributed by atoms with Crippen LogP contribution in [0, 0.1) is 5.92 Å². The summed E-state index contributed by atoms with van der Waals surface area (Å²) in [5.74, 6) is -1.08. The molecule has 0 aliphatic carbocycles. The van der Waals surface area contributed by atoms with Gasteiger partial charge in [0.25, 0.3) is 0 Å². The molecule has 1 rings (SSSR count). The van der Waals surface area contributed by atoms with Gasteiger partial charge in [-0.15, -0.1) is 0 Å². The fourth-order valence-electron chi connectivity index (χ4n) is 2.54. The van der Waals surface area contributed by atoms with Crippen molar-refractivity contribution in [2.24, 2.45) is 5.92 Å². The van der Waals surface area contributed by atoms with Crippen molar-refractivity contribution in [3.05, 3.63) is 0 Å². The molecule has 2 N–H and O–H groups in total. The molecule has 116 valence electrons. The maximum absolute atomic E-state index is 12.1. The van der Waals surface area contributed by atoms with Gasteiger partial charge in [0.2, 0.25) is 0 Å². The molecule has 0 unspecified atom stereocenters. The third-order valence-corrected chi connectivity index (χ3v) is 4.41. The second-order valence-electron chi connectivity index (χ2n) is 5.35. The number of hydrogen-bond acceptors (Lipinski definition) is 3. The van der Waals surface area contributed by atoms with Gasteiger partial charge in [-0.3, -0.25) is 4.79 Å². The van der Waals surface area contributed by atoms with E-state index in [0.29, 0.717) is 32.5 Å². The number of ether oxygens (including phenoxy) is 1. The smallest absolute Gasteiger partial charge is 0.317 e. The number of carbonyl (C=O) groups is 2. The summed E-state index contributed by atoms with van der Waals surface area (Å²) in [6.07, 6.45) is 2.72. The Kier molecular flexibility index (Phi) is 6.26. The van der Waals surface area contributed by atoms with Crippen molar-refractivity contribution in [2.45, 2.75) is 45.1 Å². The lowest BCUT2D eigenvalue weighted by atomic mass is 9.96. The molecule has 0 aromatic carbocycles. The zero-order chi connectivity index (χ0) is 15.2. The van der Waals surface area contributed by atoms with Gasteiger partial charge < -0.3 is 20.1 Å². The topological polar surface area (TPSA) is 78.9 Å². The highest BCUT2D eigenvalue weighted by molar-refractivity contribution is 5.75. The summed E-state index contributed by atoms with van der Waals surface area (Å²) in [5.41, 5.74) is -0.310. The van der Waals surface area contributed by atoms with Gasteiger partial charge in [0.1, 0.15) is 0 Å². The SMILES string of the molecule is CCC(CC)(CNC(=O)N1CCC(C(=O)O)CC1)OC. The number of carbonyl (C=O) groups excluding carboxylic acids is 1. The first-order chi connectivity index (χ1) is 9.48. The number of hydrogen-bond donors (Lipinski definition) is 2. The van der Waals surface area contributed by atoms with Crippen LogP contribution in [0.15, 0.2) is 0 Å². The third kappa shape index (κ3) is 4.10. The van der Waals surface area contributed by atoms with Gasteiger partial charge in [-0.25, -0.2) is 4.79 Å². The Bertz CT molecular complexity index is 326. The Hall–Kier alpha value is -1.30. The molecular formula is C14H26N2O4. The maximum Gasteiger partial charge on any atom is 0.317 e. The first-order valence-corrected chi connectivity index (χ1v) is 7.28. The normalized spacial score (nSPS) is 17.1. The lowest BCUT2D eigenvalue weighted by Gasteiger charge is -2.34. The maximum atomic E-state index is 12.1. The molecule has 0 radical (unpaired) electrons. The zero-order valence-corrected chi connectivity index (χ0v) is 12.6. The van der Waals surface area contributed by atoms with Crippen LogP contribution >= 0.6 is 0 Å². The van der Waals surface area contributed by atoms with Gasteiger partial charge in [0.05, 0.1) is 11.5 Å². The molecule has 0 aromatic rings. The monoisotopic (exact) mass is 286 g/mol. The van der Waals surface area contributed by atoms with E-state index < -0.39 is 5.97 Å². The molecule has 1 heterocycles. The molecule has 0 bridgehead atoms. The van der Waals surface area contributed by atoms with Gasteiger partial charge in [0, 0.05) is 26.7 Å². The van der Waals surface area contributed by atoms with E-state index in [4.69, 9.17) is 9.84 Å². The summed E-state index contributed by atoms with van der Waals surface area (Å²) in [6.45, 7) is 5.56. The number of carboxylic acids is 1. The molecule has 6 nitrogen and oxygen atoms in total. The standard InChI is InChI=1S/C14H26N2O4/c1-4-14(5-2,20-3)10-15-13(19)16-8-6-11(7-9-16)12(17)18/h11H,4-10H2,1-3H3,(H,15,19)(H,17,18). The summed E-state index contributed by atoms with van der Waals surface area (Å²) < 4.78 is 5.51. The molecule has 1 aliphatic heterocycles. The number of rotatable bonds is 6. The van der Waals surface area contributed by atoms with Crippen molar-refractivity contribution in [2.75, 3.05) is 26.7 Å². The average Bonchev–Trinajstić information content (AvgIpc) is 2.49. The van der Waals surface area contributed by atoms with Crippen molar-refractivity contribution in [3.63, 3.8) is 0 Å². The van der Waals surface area contributed by atoms with Crippen molar-refractivity contribution < 1.29 is 19.4 Å². The van der Waals surface area contributed by atoms with Crippen LogP contribution in [0.2, 0.25) is 0 Å². The van der Waals surface area contributed by atoms with E-state index in [1.807, 2.05) is 13.8 Å². The second kappa shape index (κ2) is 7.47.